The van der Waals surface area contributed by atoms with Gasteiger partial charge >= 0.3 is 0 Å². The minimum absolute atomic E-state index is 0.0143. The van der Waals surface area contributed by atoms with Crippen molar-refractivity contribution >= 4 is 5.91 Å². The van der Waals surface area contributed by atoms with Gasteiger partial charge in [-0.2, -0.15) is 0 Å². The van der Waals surface area contributed by atoms with E-state index < -0.39 is 0 Å². The van der Waals surface area contributed by atoms with E-state index in [0.717, 1.165) is 44.8 Å². The van der Waals surface area contributed by atoms with E-state index in [-0.39, 0.29) is 11.9 Å². The van der Waals surface area contributed by atoms with Crippen LogP contribution in [0, 0.1) is 6.92 Å². The topological polar surface area (TPSA) is 58.8 Å². The van der Waals surface area contributed by atoms with Crippen LogP contribution in [0.5, 0.6) is 0 Å². The fraction of sp³-hybridized carbons (Fsp3) is 0.714. The molecule has 0 spiro atoms. The second kappa shape index (κ2) is 5.54. The molecular weight excluding hydrogens is 258 g/mol. The molecule has 0 N–H and O–H groups in total. The first-order valence-corrected chi connectivity index (χ1v) is 7.20. The normalized spacial score (nSPS) is 28.0. The van der Waals surface area contributed by atoms with Crippen LogP contribution in [-0.2, 0) is 4.74 Å². The van der Waals surface area contributed by atoms with Crippen LogP contribution in [0.4, 0.5) is 0 Å². The number of hydrogen-bond acceptors (Lipinski definition) is 5. The lowest BCUT2D eigenvalue weighted by molar-refractivity contribution is 0.0184. The van der Waals surface area contributed by atoms with Crippen LogP contribution >= 0.6 is 0 Å². The lowest BCUT2D eigenvalue weighted by Crippen LogP contribution is -2.45. The number of carbonyl (C=O) groups is 1. The molecular formula is C14H21N3O3. The van der Waals surface area contributed by atoms with Gasteiger partial charge in [-0.15, -0.1) is 0 Å². The van der Waals surface area contributed by atoms with Gasteiger partial charge in [0.2, 0.25) is 0 Å². The molecule has 2 saturated heterocycles. The maximum Gasteiger partial charge on any atom is 0.276 e. The lowest BCUT2D eigenvalue weighted by atomic mass is 10.1. The molecule has 0 aromatic carbocycles. The second-order valence-corrected chi connectivity index (χ2v) is 5.69. The van der Waals surface area contributed by atoms with E-state index in [1.807, 2.05) is 11.8 Å². The number of hydrogen-bond donors (Lipinski definition) is 0. The second-order valence-electron chi connectivity index (χ2n) is 5.69. The van der Waals surface area contributed by atoms with Gasteiger partial charge in [-0.3, -0.25) is 9.69 Å². The molecule has 0 bridgehead atoms. The maximum absolute atomic E-state index is 12.5. The fourth-order valence-corrected chi connectivity index (χ4v) is 3.12. The number of carbonyl (C=O) groups excluding carboxylic acids is 1. The van der Waals surface area contributed by atoms with Crippen LogP contribution in [0.2, 0.25) is 0 Å². The molecule has 1 aromatic heterocycles. The van der Waals surface area contributed by atoms with Crippen molar-refractivity contribution in [2.45, 2.75) is 32.4 Å². The minimum Gasteiger partial charge on any atom is -0.379 e. The van der Waals surface area contributed by atoms with Gasteiger partial charge < -0.3 is 14.2 Å². The third kappa shape index (κ3) is 2.45. The molecule has 0 radical (unpaired) electrons. The quantitative estimate of drug-likeness (QED) is 0.805. The third-order valence-corrected chi connectivity index (χ3v) is 4.33. The zero-order valence-electron chi connectivity index (χ0n) is 12.0. The summed E-state index contributed by atoms with van der Waals surface area (Å²) < 4.78 is 10.3. The van der Waals surface area contributed by atoms with E-state index >= 15 is 0 Å². The summed E-state index contributed by atoms with van der Waals surface area (Å²) in [4.78, 5) is 16.9. The van der Waals surface area contributed by atoms with Gasteiger partial charge in [0, 0.05) is 37.3 Å². The van der Waals surface area contributed by atoms with Crippen LogP contribution in [-0.4, -0.2) is 65.8 Å². The van der Waals surface area contributed by atoms with Gasteiger partial charge in [-0.1, -0.05) is 5.16 Å². The molecule has 0 aliphatic carbocycles. The number of morpholine rings is 1. The van der Waals surface area contributed by atoms with Crippen molar-refractivity contribution in [2.24, 2.45) is 0 Å². The van der Waals surface area contributed by atoms with Crippen molar-refractivity contribution in [2.75, 3.05) is 32.8 Å². The lowest BCUT2D eigenvalue weighted by Gasteiger charge is -2.31. The first-order valence-electron chi connectivity index (χ1n) is 7.20. The number of amides is 1. The Kier molecular flexibility index (Phi) is 3.76. The Balaban J connectivity index is 1.69. The molecule has 0 saturated carbocycles. The summed E-state index contributed by atoms with van der Waals surface area (Å²) in [5.74, 6) is -0.0143. The van der Waals surface area contributed by atoms with Gasteiger partial charge in [-0.25, -0.2) is 0 Å². The van der Waals surface area contributed by atoms with E-state index in [1.165, 1.54) is 6.26 Å². The van der Waals surface area contributed by atoms with Crippen molar-refractivity contribution < 1.29 is 14.1 Å². The number of rotatable bonds is 2. The van der Waals surface area contributed by atoms with Gasteiger partial charge in [0.25, 0.3) is 5.91 Å². The Bertz CT molecular complexity index is 482. The predicted molar refractivity (Wildman–Crippen MR) is 72.5 cm³/mol. The first kappa shape index (κ1) is 13.6. The van der Waals surface area contributed by atoms with Crippen molar-refractivity contribution in [1.29, 1.82) is 0 Å². The zero-order chi connectivity index (χ0) is 14.1. The minimum atomic E-state index is -0.0143. The predicted octanol–water partition coefficient (Wildman–Crippen LogP) is 0.918. The van der Waals surface area contributed by atoms with Crippen LogP contribution in [0.25, 0.3) is 0 Å². The number of nitrogens with zero attached hydrogens (tertiary/aromatic N) is 3. The van der Waals surface area contributed by atoms with E-state index in [1.54, 1.807) is 0 Å². The fourth-order valence-electron chi connectivity index (χ4n) is 3.12. The first-order chi connectivity index (χ1) is 9.66. The Labute approximate surface area is 118 Å². The highest BCUT2D eigenvalue weighted by Crippen LogP contribution is 2.25. The van der Waals surface area contributed by atoms with Gasteiger partial charge in [-0.05, 0) is 20.3 Å². The van der Waals surface area contributed by atoms with Crippen molar-refractivity contribution in [3.05, 3.63) is 17.5 Å². The van der Waals surface area contributed by atoms with Crippen LogP contribution in [0.15, 0.2) is 10.8 Å². The molecule has 2 aliphatic rings. The molecule has 6 heteroatoms. The average molecular weight is 279 g/mol. The summed E-state index contributed by atoms with van der Waals surface area (Å²) in [5, 5.41) is 3.83. The van der Waals surface area contributed by atoms with E-state index in [4.69, 9.17) is 9.26 Å². The Morgan fingerprint density at radius 2 is 2.15 bits per heavy atom. The van der Waals surface area contributed by atoms with Gasteiger partial charge in [0.15, 0.2) is 5.69 Å². The third-order valence-electron chi connectivity index (χ3n) is 4.33. The van der Waals surface area contributed by atoms with Crippen LogP contribution < -0.4 is 0 Å². The summed E-state index contributed by atoms with van der Waals surface area (Å²) >= 11 is 0. The zero-order valence-corrected chi connectivity index (χ0v) is 12.0. The van der Waals surface area contributed by atoms with Gasteiger partial charge in [0.05, 0.1) is 13.2 Å². The average Bonchev–Trinajstić information content (AvgIpc) is 3.05. The molecule has 20 heavy (non-hydrogen) atoms. The summed E-state index contributed by atoms with van der Waals surface area (Å²) in [6.07, 6.45) is 2.54. The van der Waals surface area contributed by atoms with E-state index in [9.17, 15) is 4.79 Å². The number of likely N-dealkylation sites (tertiary alicyclic amines) is 1. The number of aromatic nitrogens is 1. The van der Waals surface area contributed by atoms with Crippen LogP contribution in [0.1, 0.15) is 29.4 Å². The highest BCUT2D eigenvalue weighted by molar-refractivity contribution is 5.93. The summed E-state index contributed by atoms with van der Waals surface area (Å²) in [7, 11) is 0. The van der Waals surface area contributed by atoms with Gasteiger partial charge in [0.1, 0.15) is 6.26 Å². The number of ether oxygens (including phenoxy) is 1. The molecule has 1 amide bonds. The molecule has 3 rings (SSSR count). The molecule has 2 aliphatic heterocycles. The Morgan fingerprint density at radius 3 is 2.80 bits per heavy atom. The summed E-state index contributed by atoms with van der Waals surface area (Å²) in [5.41, 5.74) is 1.25. The molecule has 110 valence electrons. The highest BCUT2D eigenvalue weighted by atomic mass is 16.5. The van der Waals surface area contributed by atoms with E-state index in [0.29, 0.717) is 11.7 Å². The summed E-state index contributed by atoms with van der Waals surface area (Å²) in [6.45, 7) is 8.23. The standard InChI is InChI=1S/C14H21N3O3/c1-10-9-20-15-13(10)14(18)17-8-12(7-11(17)2)16-3-5-19-6-4-16/h9,11-12H,3-8H2,1-2H3. The molecule has 1 aromatic rings. The maximum atomic E-state index is 12.5. The molecule has 2 atom stereocenters. The van der Waals surface area contributed by atoms with Crippen LogP contribution in [0.3, 0.4) is 0 Å². The smallest absolute Gasteiger partial charge is 0.276 e. The van der Waals surface area contributed by atoms with E-state index in [2.05, 4.69) is 17.0 Å². The van der Waals surface area contributed by atoms with Crippen molar-refractivity contribution in [1.82, 2.24) is 15.0 Å². The summed E-state index contributed by atoms with van der Waals surface area (Å²) in [6, 6.07) is 0.677. The largest absolute Gasteiger partial charge is 0.379 e. The molecule has 3 heterocycles. The highest BCUT2D eigenvalue weighted by Gasteiger charge is 2.37. The molecule has 2 unspecified atom stereocenters. The van der Waals surface area contributed by atoms with Crippen molar-refractivity contribution in [3.8, 4) is 0 Å². The monoisotopic (exact) mass is 279 g/mol. The SMILES string of the molecule is Cc1conc1C(=O)N1CC(N2CCOCC2)CC1C. The Morgan fingerprint density at radius 1 is 1.40 bits per heavy atom. The Hall–Kier alpha value is -1.40. The number of aryl methyl sites for hydroxylation is 1. The molecule has 2 fully saturated rings. The van der Waals surface area contributed by atoms with Crippen molar-refractivity contribution in [3.63, 3.8) is 0 Å². The molecule has 6 nitrogen and oxygen atoms in total.